The third-order valence-electron chi connectivity index (χ3n) is 2.57. The second-order valence-electron chi connectivity index (χ2n) is 3.51. The van der Waals surface area contributed by atoms with E-state index in [1.807, 2.05) is 37.3 Å². The summed E-state index contributed by atoms with van der Waals surface area (Å²) in [5.41, 5.74) is 0.770. The third kappa shape index (κ3) is 2.42. The Morgan fingerprint density at radius 3 is 2.50 bits per heavy atom. The predicted molar refractivity (Wildman–Crippen MR) is 56.1 cm³/mol. The quantitative estimate of drug-likeness (QED) is 0.670. The maximum atomic E-state index is 10.3. The van der Waals surface area contributed by atoms with Gasteiger partial charge >= 0.3 is 0 Å². The number of hydrogen-bond acceptors (Lipinski definition) is 2. The molecule has 0 fully saturated rings. The van der Waals surface area contributed by atoms with Crippen LogP contribution in [0.5, 0.6) is 0 Å². The second-order valence-corrected chi connectivity index (χ2v) is 3.51. The summed E-state index contributed by atoms with van der Waals surface area (Å²) in [6.07, 6.45) is 2.18. The van der Waals surface area contributed by atoms with Gasteiger partial charge in [-0.2, -0.15) is 0 Å². The average molecular weight is 192 g/mol. The first-order valence-corrected chi connectivity index (χ1v) is 4.77. The van der Waals surface area contributed by atoms with Crippen LogP contribution in [0.3, 0.4) is 0 Å². The fraction of sp³-hybridized carbons (Fsp3) is 0.417. The van der Waals surface area contributed by atoms with Gasteiger partial charge in [-0.25, -0.2) is 0 Å². The summed E-state index contributed by atoms with van der Waals surface area (Å²) in [5, 5.41) is 0. The monoisotopic (exact) mass is 192 g/mol. The van der Waals surface area contributed by atoms with E-state index < -0.39 is 0 Å². The lowest BCUT2D eigenvalue weighted by atomic mass is 9.91. The van der Waals surface area contributed by atoms with Crippen LogP contribution in [0.1, 0.15) is 25.3 Å². The van der Waals surface area contributed by atoms with Gasteiger partial charge in [-0.1, -0.05) is 30.3 Å². The molecule has 0 aromatic heterocycles. The van der Waals surface area contributed by atoms with Crippen molar-refractivity contribution >= 4 is 6.29 Å². The van der Waals surface area contributed by atoms with E-state index in [4.69, 9.17) is 4.74 Å². The molecule has 1 aromatic rings. The van der Waals surface area contributed by atoms with Crippen molar-refractivity contribution in [1.29, 1.82) is 0 Å². The summed E-state index contributed by atoms with van der Waals surface area (Å²) in [6, 6.07) is 9.98. The van der Waals surface area contributed by atoms with Crippen molar-refractivity contribution in [3.05, 3.63) is 35.9 Å². The standard InChI is InChI=1S/C12H16O2/c1-12(14-2,9-6-10-13)11-7-4-3-5-8-11/h3-5,7-8,10H,6,9H2,1-2H3. The Balaban J connectivity index is 2.84. The molecule has 0 bridgehead atoms. The molecule has 1 atom stereocenters. The highest BCUT2D eigenvalue weighted by Gasteiger charge is 2.24. The Morgan fingerprint density at radius 1 is 1.36 bits per heavy atom. The largest absolute Gasteiger partial charge is 0.374 e. The zero-order valence-corrected chi connectivity index (χ0v) is 8.69. The molecule has 76 valence electrons. The van der Waals surface area contributed by atoms with Crippen LogP contribution in [0.15, 0.2) is 30.3 Å². The molecule has 1 rings (SSSR count). The van der Waals surface area contributed by atoms with Crippen molar-refractivity contribution in [2.45, 2.75) is 25.4 Å². The van der Waals surface area contributed by atoms with Gasteiger partial charge in [0.2, 0.25) is 0 Å². The number of carbonyl (C=O) groups excluding carboxylic acids is 1. The highest BCUT2D eigenvalue weighted by atomic mass is 16.5. The van der Waals surface area contributed by atoms with E-state index >= 15 is 0 Å². The third-order valence-corrected chi connectivity index (χ3v) is 2.57. The van der Waals surface area contributed by atoms with Crippen molar-refractivity contribution in [1.82, 2.24) is 0 Å². The Kier molecular flexibility index (Phi) is 3.84. The number of benzene rings is 1. The maximum Gasteiger partial charge on any atom is 0.120 e. The first-order chi connectivity index (χ1) is 6.73. The summed E-state index contributed by atoms with van der Waals surface area (Å²) >= 11 is 0. The number of ether oxygens (including phenoxy) is 1. The van der Waals surface area contributed by atoms with Crippen LogP contribution in [0, 0.1) is 0 Å². The second kappa shape index (κ2) is 4.91. The molecule has 2 heteroatoms. The van der Waals surface area contributed by atoms with Gasteiger partial charge in [0.05, 0.1) is 5.60 Å². The van der Waals surface area contributed by atoms with Gasteiger partial charge < -0.3 is 9.53 Å². The maximum absolute atomic E-state index is 10.3. The van der Waals surface area contributed by atoms with Gasteiger partial charge in [0.25, 0.3) is 0 Å². The summed E-state index contributed by atoms with van der Waals surface area (Å²) in [7, 11) is 1.68. The van der Waals surface area contributed by atoms with Crippen molar-refractivity contribution < 1.29 is 9.53 Å². The minimum Gasteiger partial charge on any atom is -0.374 e. The number of hydrogen-bond donors (Lipinski definition) is 0. The van der Waals surface area contributed by atoms with E-state index in [1.54, 1.807) is 7.11 Å². The first-order valence-electron chi connectivity index (χ1n) is 4.77. The van der Waals surface area contributed by atoms with Crippen LogP contribution in [-0.2, 0) is 15.1 Å². The number of methoxy groups -OCH3 is 1. The van der Waals surface area contributed by atoms with E-state index in [9.17, 15) is 4.79 Å². The van der Waals surface area contributed by atoms with Crippen molar-refractivity contribution in [3.8, 4) is 0 Å². The van der Waals surface area contributed by atoms with Gasteiger partial charge in [0, 0.05) is 13.5 Å². The minimum atomic E-state index is -0.345. The molecule has 0 radical (unpaired) electrons. The lowest BCUT2D eigenvalue weighted by Gasteiger charge is -2.28. The van der Waals surface area contributed by atoms with E-state index in [0.29, 0.717) is 6.42 Å². The summed E-state index contributed by atoms with van der Waals surface area (Å²) < 4.78 is 5.47. The molecule has 0 spiro atoms. The van der Waals surface area contributed by atoms with Gasteiger partial charge in [-0.15, -0.1) is 0 Å². The molecule has 0 saturated heterocycles. The van der Waals surface area contributed by atoms with Crippen LogP contribution in [-0.4, -0.2) is 13.4 Å². The number of rotatable bonds is 5. The minimum absolute atomic E-state index is 0.345. The fourth-order valence-corrected chi connectivity index (χ4v) is 1.49. The molecule has 0 aliphatic rings. The molecule has 0 amide bonds. The number of aldehydes is 1. The molecule has 0 aliphatic carbocycles. The van der Waals surface area contributed by atoms with Crippen molar-refractivity contribution in [2.75, 3.05) is 7.11 Å². The summed E-state index contributed by atoms with van der Waals surface area (Å²) in [4.78, 5) is 10.3. The van der Waals surface area contributed by atoms with E-state index in [2.05, 4.69) is 0 Å². The van der Waals surface area contributed by atoms with Crippen molar-refractivity contribution in [3.63, 3.8) is 0 Å². The SMILES string of the molecule is COC(C)(CCC=O)c1ccccc1. The molecular weight excluding hydrogens is 176 g/mol. The molecule has 1 aromatic carbocycles. The molecule has 1 unspecified atom stereocenters. The highest BCUT2D eigenvalue weighted by molar-refractivity contribution is 5.49. The Hall–Kier alpha value is -1.15. The van der Waals surface area contributed by atoms with Crippen LogP contribution in [0.2, 0.25) is 0 Å². The lowest BCUT2D eigenvalue weighted by molar-refractivity contribution is -0.109. The smallest absolute Gasteiger partial charge is 0.120 e. The molecule has 0 heterocycles. The zero-order valence-electron chi connectivity index (χ0n) is 8.69. The number of carbonyl (C=O) groups is 1. The van der Waals surface area contributed by atoms with Gasteiger partial charge in [-0.3, -0.25) is 0 Å². The van der Waals surface area contributed by atoms with Gasteiger partial charge in [-0.05, 0) is 18.9 Å². The normalized spacial score (nSPS) is 14.7. The van der Waals surface area contributed by atoms with Crippen molar-refractivity contribution in [2.24, 2.45) is 0 Å². The summed E-state index contributed by atoms with van der Waals surface area (Å²) in [6.45, 7) is 2.01. The van der Waals surface area contributed by atoms with Gasteiger partial charge in [0.1, 0.15) is 6.29 Å². The van der Waals surface area contributed by atoms with E-state index in [1.165, 1.54) is 0 Å². The van der Waals surface area contributed by atoms with Crippen LogP contribution in [0.4, 0.5) is 0 Å². The molecule has 2 nitrogen and oxygen atoms in total. The lowest BCUT2D eigenvalue weighted by Crippen LogP contribution is -2.24. The highest BCUT2D eigenvalue weighted by Crippen LogP contribution is 2.28. The van der Waals surface area contributed by atoms with E-state index in [0.717, 1.165) is 18.3 Å². The Labute approximate surface area is 84.9 Å². The average Bonchev–Trinajstić information content (AvgIpc) is 2.27. The molecule has 0 N–H and O–H groups in total. The van der Waals surface area contributed by atoms with Crippen LogP contribution in [0.25, 0.3) is 0 Å². The first kappa shape index (κ1) is 10.9. The Morgan fingerprint density at radius 2 is 2.00 bits per heavy atom. The molecule has 0 aliphatic heterocycles. The van der Waals surface area contributed by atoms with E-state index in [-0.39, 0.29) is 5.60 Å². The Bertz CT molecular complexity index is 282. The topological polar surface area (TPSA) is 26.3 Å². The zero-order chi connectivity index (χ0) is 10.4. The fourth-order valence-electron chi connectivity index (χ4n) is 1.49. The molecule has 0 saturated carbocycles. The van der Waals surface area contributed by atoms with Gasteiger partial charge in [0.15, 0.2) is 0 Å². The van der Waals surface area contributed by atoms with Crippen LogP contribution < -0.4 is 0 Å². The molecule has 14 heavy (non-hydrogen) atoms. The van der Waals surface area contributed by atoms with Crippen LogP contribution >= 0.6 is 0 Å². The predicted octanol–water partition coefficient (Wildman–Crippen LogP) is 2.53. The summed E-state index contributed by atoms with van der Waals surface area (Å²) in [5.74, 6) is 0. The molecular formula is C12H16O2.